The molecule has 0 aliphatic rings. The Kier molecular flexibility index (Phi) is 4.25. The number of nitrogens with one attached hydrogen (secondary N) is 1. The van der Waals surface area contributed by atoms with Crippen LogP contribution in [0.1, 0.15) is 11.1 Å². The van der Waals surface area contributed by atoms with Crippen molar-refractivity contribution in [2.75, 3.05) is 5.32 Å². The Hall–Kier alpha value is -1.06. The lowest BCUT2D eigenvalue weighted by atomic mass is 10.2. The molecule has 0 atom stereocenters. The number of hydrogen-bond donors (Lipinski definition) is 1. The lowest BCUT2D eigenvalue weighted by Gasteiger charge is -2.09. The molecule has 18 heavy (non-hydrogen) atoms. The van der Waals surface area contributed by atoms with Crippen molar-refractivity contribution in [3.63, 3.8) is 0 Å². The molecule has 0 amide bonds. The second-order valence-corrected chi connectivity index (χ2v) is 5.38. The first-order valence-electron chi connectivity index (χ1n) is 5.50. The molecule has 1 nitrogen and oxygen atoms in total. The van der Waals surface area contributed by atoms with Gasteiger partial charge in [0.1, 0.15) is 5.82 Å². The summed E-state index contributed by atoms with van der Waals surface area (Å²) in [6, 6.07) is 10.6. The molecule has 2 aromatic rings. The van der Waals surface area contributed by atoms with Crippen molar-refractivity contribution in [1.82, 2.24) is 0 Å². The highest BCUT2D eigenvalue weighted by atomic mass is 79.9. The molecule has 0 spiro atoms. The van der Waals surface area contributed by atoms with E-state index in [1.165, 1.54) is 6.07 Å². The van der Waals surface area contributed by atoms with Gasteiger partial charge < -0.3 is 5.32 Å². The van der Waals surface area contributed by atoms with Crippen LogP contribution < -0.4 is 5.32 Å². The highest BCUT2D eigenvalue weighted by Crippen LogP contribution is 2.21. The molecule has 0 bridgehead atoms. The van der Waals surface area contributed by atoms with Crippen molar-refractivity contribution in [2.45, 2.75) is 13.5 Å². The van der Waals surface area contributed by atoms with E-state index in [2.05, 4.69) is 21.2 Å². The average molecular weight is 329 g/mol. The highest BCUT2D eigenvalue weighted by molar-refractivity contribution is 9.10. The van der Waals surface area contributed by atoms with Crippen LogP contribution in [0, 0.1) is 12.7 Å². The van der Waals surface area contributed by atoms with Crippen molar-refractivity contribution in [1.29, 1.82) is 0 Å². The molecular formula is C14H12BrClFN. The largest absolute Gasteiger partial charge is 0.381 e. The molecule has 94 valence electrons. The predicted molar refractivity (Wildman–Crippen MR) is 77.6 cm³/mol. The molecule has 2 aromatic carbocycles. The first kappa shape index (κ1) is 13.4. The number of benzene rings is 2. The minimum Gasteiger partial charge on any atom is -0.381 e. The van der Waals surface area contributed by atoms with E-state index in [0.717, 1.165) is 15.7 Å². The monoisotopic (exact) mass is 327 g/mol. The molecule has 0 unspecified atom stereocenters. The van der Waals surface area contributed by atoms with Gasteiger partial charge in [-0.15, -0.1) is 0 Å². The van der Waals surface area contributed by atoms with E-state index in [4.69, 9.17) is 11.6 Å². The van der Waals surface area contributed by atoms with Gasteiger partial charge in [0.25, 0.3) is 0 Å². The first-order valence-corrected chi connectivity index (χ1v) is 6.67. The van der Waals surface area contributed by atoms with Gasteiger partial charge in [0.15, 0.2) is 0 Å². The fourth-order valence-electron chi connectivity index (χ4n) is 1.58. The summed E-state index contributed by atoms with van der Waals surface area (Å²) < 4.78 is 14.4. The van der Waals surface area contributed by atoms with E-state index in [9.17, 15) is 4.39 Å². The molecule has 0 radical (unpaired) electrons. The minimum absolute atomic E-state index is 0.219. The Morgan fingerprint density at radius 2 is 2.00 bits per heavy atom. The van der Waals surface area contributed by atoms with Crippen LogP contribution in [0.3, 0.4) is 0 Å². The summed E-state index contributed by atoms with van der Waals surface area (Å²) >= 11 is 9.36. The zero-order valence-corrected chi connectivity index (χ0v) is 12.1. The quantitative estimate of drug-likeness (QED) is 0.820. The second-order valence-electron chi connectivity index (χ2n) is 4.05. The van der Waals surface area contributed by atoms with E-state index in [1.54, 1.807) is 12.1 Å². The Morgan fingerprint density at radius 3 is 2.72 bits per heavy atom. The Morgan fingerprint density at radius 1 is 1.22 bits per heavy atom. The number of rotatable bonds is 3. The lowest BCUT2D eigenvalue weighted by molar-refractivity contribution is 0.612. The van der Waals surface area contributed by atoms with Crippen LogP contribution in [0.15, 0.2) is 40.9 Å². The number of halogens is 3. The molecule has 1 N–H and O–H groups in total. The minimum atomic E-state index is -0.219. The topological polar surface area (TPSA) is 12.0 Å². The highest BCUT2D eigenvalue weighted by Gasteiger charge is 2.03. The van der Waals surface area contributed by atoms with Crippen LogP contribution >= 0.6 is 27.5 Å². The molecule has 2 rings (SSSR count). The normalized spacial score (nSPS) is 10.4. The molecular weight excluding hydrogens is 317 g/mol. The molecule has 0 saturated carbocycles. The van der Waals surface area contributed by atoms with E-state index < -0.39 is 0 Å². The molecule has 0 aliphatic heterocycles. The van der Waals surface area contributed by atoms with E-state index in [-0.39, 0.29) is 5.82 Å². The number of anilines is 1. The maximum absolute atomic E-state index is 13.5. The molecule has 0 saturated heterocycles. The lowest BCUT2D eigenvalue weighted by Crippen LogP contribution is -2.01. The van der Waals surface area contributed by atoms with Gasteiger partial charge in [0.2, 0.25) is 0 Å². The maximum Gasteiger partial charge on any atom is 0.128 e. The van der Waals surface area contributed by atoms with E-state index in [1.807, 2.05) is 25.1 Å². The maximum atomic E-state index is 13.5. The van der Waals surface area contributed by atoms with Crippen molar-refractivity contribution < 1.29 is 4.39 Å². The van der Waals surface area contributed by atoms with E-state index in [0.29, 0.717) is 17.1 Å². The summed E-state index contributed by atoms with van der Waals surface area (Å²) in [6.45, 7) is 2.37. The summed E-state index contributed by atoms with van der Waals surface area (Å²) in [5.41, 5.74) is 2.52. The van der Waals surface area contributed by atoms with Crippen molar-refractivity contribution >= 4 is 33.2 Å². The first-order chi connectivity index (χ1) is 8.56. The number of hydrogen-bond acceptors (Lipinski definition) is 1. The summed E-state index contributed by atoms with van der Waals surface area (Å²) in [5.74, 6) is -0.219. The summed E-state index contributed by atoms with van der Waals surface area (Å²) in [5, 5.41) is 3.86. The smallest absolute Gasteiger partial charge is 0.128 e. The number of aryl methyl sites for hydroxylation is 1. The molecule has 0 fully saturated rings. The standard InChI is InChI=1S/C14H12BrClFN/c1-9-2-4-12(7-13(9)16)18-8-10-6-11(15)3-5-14(10)17/h2-7,18H,8H2,1H3. The Bertz CT molecular complexity index is 572. The summed E-state index contributed by atoms with van der Waals surface area (Å²) in [7, 11) is 0. The van der Waals surface area contributed by atoms with Crippen molar-refractivity contribution in [3.05, 3.63) is 62.8 Å². The third-order valence-corrected chi connectivity index (χ3v) is 3.56. The third kappa shape index (κ3) is 3.24. The van der Waals surface area contributed by atoms with E-state index >= 15 is 0 Å². The molecule has 0 aliphatic carbocycles. The second kappa shape index (κ2) is 5.72. The molecule has 0 heterocycles. The zero-order chi connectivity index (χ0) is 13.1. The van der Waals surface area contributed by atoms with Gasteiger partial charge in [0, 0.05) is 27.3 Å². The Balaban J connectivity index is 2.11. The van der Waals surface area contributed by atoms with Gasteiger partial charge in [-0.25, -0.2) is 4.39 Å². The fourth-order valence-corrected chi connectivity index (χ4v) is 2.17. The van der Waals surface area contributed by atoms with Gasteiger partial charge in [-0.2, -0.15) is 0 Å². The molecule has 4 heteroatoms. The summed E-state index contributed by atoms with van der Waals surface area (Å²) in [6.07, 6.45) is 0. The zero-order valence-electron chi connectivity index (χ0n) is 9.81. The van der Waals surface area contributed by atoms with Crippen molar-refractivity contribution in [2.24, 2.45) is 0 Å². The van der Waals surface area contributed by atoms with Crippen LogP contribution in [0.2, 0.25) is 5.02 Å². The van der Waals surface area contributed by atoms with Gasteiger partial charge in [-0.05, 0) is 42.8 Å². The van der Waals surface area contributed by atoms with Gasteiger partial charge >= 0.3 is 0 Å². The SMILES string of the molecule is Cc1ccc(NCc2cc(Br)ccc2F)cc1Cl. The third-order valence-electron chi connectivity index (χ3n) is 2.66. The van der Waals surface area contributed by atoms with Crippen LogP contribution in [-0.2, 0) is 6.54 Å². The average Bonchev–Trinajstić information content (AvgIpc) is 2.34. The Labute approximate surface area is 119 Å². The van der Waals surface area contributed by atoms with Crippen LogP contribution in [-0.4, -0.2) is 0 Å². The molecule has 0 aromatic heterocycles. The van der Waals surface area contributed by atoms with Gasteiger partial charge in [0.05, 0.1) is 0 Å². The van der Waals surface area contributed by atoms with Crippen molar-refractivity contribution in [3.8, 4) is 0 Å². The predicted octanol–water partition coefficient (Wildman–Crippen LogP) is 5.16. The van der Waals surface area contributed by atoms with Crippen LogP contribution in [0.25, 0.3) is 0 Å². The van der Waals surface area contributed by atoms with Crippen LogP contribution in [0.4, 0.5) is 10.1 Å². The summed E-state index contributed by atoms with van der Waals surface area (Å²) in [4.78, 5) is 0. The fraction of sp³-hybridized carbons (Fsp3) is 0.143. The van der Waals surface area contributed by atoms with Crippen LogP contribution in [0.5, 0.6) is 0 Å². The van der Waals surface area contributed by atoms with Gasteiger partial charge in [-0.1, -0.05) is 33.6 Å². The van der Waals surface area contributed by atoms with Gasteiger partial charge in [-0.3, -0.25) is 0 Å².